The molecule has 0 radical (unpaired) electrons. The number of carbonyl (C=O) groups is 2. The second-order valence-electron chi connectivity index (χ2n) is 2.70. The molecule has 1 aromatic heterocycles. The largest absolute Gasteiger partial charge is 0.351 e. The van der Waals surface area contributed by atoms with Gasteiger partial charge in [-0.05, 0) is 18.6 Å². The lowest BCUT2D eigenvalue weighted by Crippen LogP contribution is -2.33. The second kappa shape index (κ2) is 4.36. The molecule has 0 atom stereocenters. The summed E-state index contributed by atoms with van der Waals surface area (Å²) in [5.74, 6) is -0.995. The molecule has 5 nitrogen and oxygen atoms in total. The molecule has 0 fully saturated rings. The van der Waals surface area contributed by atoms with E-state index in [9.17, 15) is 9.59 Å². The summed E-state index contributed by atoms with van der Waals surface area (Å²) in [4.78, 5) is 25.9. The molecule has 14 heavy (non-hydrogen) atoms. The highest BCUT2D eigenvalue weighted by atomic mass is 16.2. The van der Waals surface area contributed by atoms with Gasteiger partial charge in [-0.25, -0.2) is 4.98 Å². The molecule has 0 spiro atoms. The van der Waals surface area contributed by atoms with Crippen molar-refractivity contribution in [2.24, 2.45) is 0 Å². The first-order valence-electron chi connectivity index (χ1n) is 4.10. The molecule has 5 heteroatoms. The molecule has 0 aromatic carbocycles. The predicted molar refractivity (Wildman–Crippen MR) is 51.7 cm³/mol. The Hall–Kier alpha value is -1.91. The number of nitrogens with one attached hydrogen (secondary N) is 2. The van der Waals surface area contributed by atoms with Crippen molar-refractivity contribution in [2.45, 2.75) is 6.92 Å². The van der Waals surface area contributed by atoms with E-state index in [-0.39, 0.29) is 0 Å². The zero-order chi connectivity index (χ0) is 10.6. The highest BCUT2D eigenvalue weighted by molar-refractivity contribution is 6.39. The average Bonchev–Trinajstić information content (AvgIpc) is 2.20. The van der Waals surface area contributed by atoms with E-state index in [1.54, 1.807) is 25.3 Å². The average molecular weight is 193 g/mol. The Morgan fingerprint density at radius 1 is 1.36 bits per heavy atom. The molecule has 2 amide bonds. The molecule has 74 valence electrons. The summed E-state index contributed by atoms with van der Waals surface area (Å²) in [6.07, 6.45) is 1.55. The van der Waals surface area contributed by atoms with Crippen LogP contribution in [0, 0.1) is 6.92 Å². The van der Waals surface area contributed by atoms with Gasteiger partial charge < -0.3 is 10.6 Å². The van der Waals surface area contributed by atoms with Crippen molar-refractivity contribution in [3.63, 3.8) is 0 Å². The van der Waals surface area contributed by atoms with Gasteiger partial charge in [0.25, 0.3) is 0 Å². The Kier molecular flexibility index (Phi) is 3.17. The molecule has 1 aromatic rings. The minimum atomic E-state index is -0.714. The maximum atomic E-state index is 11.1. The number of rotatable bonds is 1. The number of anilines is 1. The van der Waals surface area contributed by atoms with Crippen LogP contribution in [0.3, 0.4) is 0 Å². The number of amides is 2. The molecule has 2 N–H and O–H groups in total. The number of likely N-dealkylation sites (N-methyl/N-ethyl adjacent to an activating group) is 1. The zero-order valence-electron chi connectivity index (χ0n) is 8.00. The highest BCUT2D eigenvalue weighted by Gasteiger charge is 2.12. The van der Waals surface area contributed by atoms with Crippen LogP contribution in [-0.4, -0.2) is 23.8 Å². The van der Waals surface area contributed by atoms with Crippen molar-refractivity contribution >= 4 is 17.6 Å². The van der Waals surface area contributed by atoms with Gasteiger partial charge in [0, 0.05) is 13.2 Å². The van der Waals surface area contributed by atoms with E-state index in [0.717, 1.165) is 5.56 Å². The van der Waals surface area contributed by atoms with E-state index in [0.29, 0.717) is 5.82 Å². The smallest absolute Gasteiger partial charge is 0.314 e. The molecular weight excluding hydrogens is 182 g/mol. The lowest BCUT2D eigenvalue weighted by atomic mass is 10.3. The third-order valence-electron chi connectivity index (χ3n) is 1.67. The summed E-state index contributed by atoms with van der Waals surface area (Å²) < 4.78 is 0. The van der Waals surface area contributed by atoms with Crippen molar-refractivity contribution in [1.82, 2.24) is 10.3 Å². The van der Waals surface area contributed by atoms with E-state index in [1.165, 1.54) is 7.05 Å². The van der Waals surface area contributed by atoms with E-state index in [2.05, 4.69) is 15.6 Å². The Labute approximate surface area is 81.5 Å². The molecule has 1 rings (SSSR count). The summed E-state index contributed by atoms with van der Waals surface area (Å²) >= 11 is 0. The van der Waals surface area contributed by atoms with Crippen LogP contribution in [0.25, 0.3) is 0 Å². The fraction of sp³-hybridized carbons (Fsp3) is 0.222. The number of hydrogen-bond donors (Lipinski definition) is 2. The topological polar surface area (TPSA) is 71.1 Å². The van der Waals surface area contributed by atoms with E-state index in [4.69, 9.17) is 0 Å². The predicted octanol–water partition coefficient (Wildman–Crippen LogP) is 0.0745. The summed E-state index contributed by atoms with van der Waals surface area (Å²) in [7, 11) is 1.40. The fourth-order valence-electron chi connectivity index (χ4n) is 0.894. The lowest BCUT2D eigenvalue weighted by Gasteiger charge is -2.04. The SMILES string of the molecule is CNC(=O)C(=O)Nc1ncccc1C. The Balaban J connectivity index is 2.75. The second-order valence-corrected chi connectivity index (χ2v) is 2.70. The van der Waals surface area contributed by atoms with E-state index >= 15 is 0 Å². The molecule has 0 bridgehead atoms. The third kappa shape index (κ3) is 2.29. The Morgan fingerprint density at radius 2 is 2.07 bits per heavy atom. The normalized spacial score (nSPS) is 9.29. The lowest BCUT2D eigenvalue weighted by molar-refractivity contribution is -0.135. The van der Waals surface area contributed by atoms with Crippen LogP contribution in [-0.2, 0) is 9.59 Å². The summed E-state index contributed by atoms with van der Waals surface area (Å²) in [6.45, 7) is 1.80. The summed E-state index contributed by atoms with van der Waals surface area (Å²) in [6, 6.07) is 3.55. The van der Waals surface area contributed by atoms with Crippen LogP contribution in [0.1, 0.15) is 5.56 Å². The number of nitrogens with zero attached hydrogens (tertiary/aromatic N) is 1. The van der Waals surface area contributed by atoms with Gasteiger partial charge in [0.1, 0.15) is 5.82 Å². The van der Waals surface area contributed by atoms with Crippen molar-refractivity contribution < 1.29 is 9.59 Å². The molecule has 1 heterocycles. The molecule has 0 aliphatic rings. The van der Waals surface area contributed by atoms with Crippen LogP contribution in [0.15, 0.2) is 18.3 Å². The van der Waals surface area contributed by atoms with Gasteiger partial charge in [0.15, 0.2) is 0 Å². The van der Waals surface area contributed by atoms with Crippen LogP contribution in [0.4, 0.5) is 5.82 Å². The quantitative estimate of drug-likeness (QED) is 0.620. The van der Waals surface area contributed by atoms with Crippen molar-refractivity contribution in [2.75, 3.05) is 12.4 Å². The standard InChI is InChI=1S/C9H11N3O2/c1-6-4-3-5-11-7(6)12-9(14)8(13)10-2/h3-5H,1-2H3,(H,10,13)(H,11,12,14). The first kappa shape index (κ1) is 10.2. The number of pyridine rings is 1. The maximum absolute atomic E-state index is 11.1. The minimum Gasteiger partial charge on any atom is -0.351 e. The number of aromatic nitrogens is 1. The first-order chi connectivity index (χ1) is 6.65. The molecule has 0 aliphatic heterocycles. The zero-order valence-corrected chi connectivity index (χ0v) is 8.00. The van der Waals surface area contributed by atoms with Crippen molar-refractivity contribution in [3.05, 3.63) is 23.9 Å². The Morgan fingerprint density at radius 3 is 2.64 bits per heavy atom. The monoisotopic (exact) mass is 193 g/mol. The summed E-state index contributed by atoms with van der Waals surface area (Å²) in [5, 5.41) is 4.62. The molecule has 0 saturated heterocycles. The van der Waals surface area contributed by atoms with Crippen LogP contribution < -0.4 is 10.6 Å². The highest BCUT2D eigenvalue weighted by Crippen LogP contribution is 2.08. The van der Waals surface area contributed by atoms with Crippen molar-refractivity contribution in [3.8, 4) is 0 Å². The van der Waals surface area contributed by atoms with E-state index in [1.807, 2.05) is 0 Å². The van der Waals surface area contributed by atoms with E-state index < -0.39 is 11.8 Å². The van der Waals surface area contributed by atoms with Gasteiger partial charge in [0.2, 0.25) is 0 Å². The number of hydrogen-bond acceptors (Lipinski definition) is 3. The minimum absolute atomic E-state index is 0.404. The molecular formula is C9H11N3O2. The van der Waals surface area contributed by atoms with Gasteiger partial charge in [-0.15, -0.1) is 0 Å². The maximum Gasteiger partial charge on any atom is 0.314 e. The van der Waals surface area contributed by atoms with Crippen LogP contribution in [0.2, 0.25) is 0 Å². The fourth-order valence-corrected chi connectivity index (χ4v) is 0.894. The van der Waals surface area contributed by atoms with Gasteiger partial charge >= 0.3 is 11.8 Å². The molecule has 0 aliphatic carbocycles. The first-order valence-corrected chi connectivity index (χ1v) is 4.10. The van der Waals surface area contributed by atoms with Crippen LogP contribution in [0.5, 0.6) is 0 Å². The number of aryl methyl sites for hydroxylation is 1. The summed E-state index contributed by atoms with van der Waals surface area (Å²) in [5.41, 5.74) is 0.810. The van der Waals surface area contributed by atoms with Gasteiger partial charge in [-0.3, -0.25) is 9.59 Å². The Bertz CT molecular complexity index is 363. The molecule has 0 saturated carbocycles. The number of carbonyl (C=O) groups excluding carboxylic acids is 2. The van der Waals surface area contributed by atoms with Crippen LogP contribution >= 0.6 is 0 Å². The van der Waals surface area contributed by atoms with Crippen molar-refractivity contribution in [1.29, 1.82) is 0 Å². The van der Waals surface area contributed by atoms with Gasteiger partial charge in [-0.1, -0.05) is 6.07 Å². The van der Waals surface area contributed by atoms with Gasteiger partial charge in [-0.2, -0.15) is 0 Å². The van der Waals surface area contributed by atoms with Gasteiger partial charge in [0.05, 0.1) is 0 Å². The third-order valence-corrected chi connectivity index (χ3v) is 1.67. The molecule has 0 unspecified atom stereocenters.